The molecule has 1 atom stereocenters. The fourth-order valence-electron chi connectivity index (χ4n) is 3.37. The van der Waals surface area contributed by atoms with Crippen LogP contribution in [-0.2, 0) is 0 Å². The zero-order valence-electron chi connectivity index (χ0n) is 14.3. The van der Waals surface area contributed by atoms with Gasteiger partial charge < -0.3 is 10.6 Å². The van der Waals surface area contributed by atoms with E-state index in [-0.39, 0.29) is 12.1 Å². The molecule has 3 rings (SSSR count). The van der Waals surface area contributed by atoms with E-state index >= 15 is 0 Å². The highest BCUT2D eigenvalue weighted by Gasteiger charge is 2.20. The molecule has 1 saturated carbocycles. The lowest BCUT2D eigenvalue weighted by Crippen LogP contribution is -2.44. The Morgan fingerprint density at radius 2 is 1.54 bits per heavy atom. The molecular weight excluding hydrogens is 296 g/mol. The van der Waals surface area contributed by atoms with Crippen molar-refractivity contribution in [3.63, 3.8) is 0 Å². The number of urea groups is 1. The van der Waals surface area contributed by atoms with Gasteiger partial charge in [0.25, 0.3) is 0 Å². The Bertz CT molecular complexity index is 645. The van der Waals surface area contributed by atoms with Crippen molar-refractivity contribution in [3.8, 4) is 0 Å². The Kier molecular flexibility index (Phi) is 5.52. The molecular formula is C21H26N2O. The highest BCUT2D eigenvalue weighted by Crippen LogP contribution is 2.23. The summed E-state index contributed by atoms with van der Waals surface area (Å²) in [4.78, 5) is 12.5. The molecule has 126 valence electrons. The molecule has 24 heavy (non-hydrogen) atoms. The largest absolute Gasteiger partial charge is 0.335 e. The molecule has 1 unspecified atom stereocenters. The normalized spacial score (nSPS) is 16.4. The molecule has 0 heterocycles. The van der Waals surface area contributed by atoms with Gasteiger partial charge in [-0.2, -0.15) is 0 Å². The molecule has 2 aromatic carbocycles. The number of carbonyl (C=O) groups excluding carboxylic acids is 1. The molecule has 0 aromatic heterocycles. The van der Waals surface area contributed by atoms with Crippen molar-refractivity contribution < 1.29 is 4.79 Å². The molecule has 2 N–H and O–H groups in total. The van der Waals surface area contributed by atoms with Crippen LogP contribution < -0.4 is 10.6 Å². The van der Waals surface area contributed by atoms with Crippen LogP contribution in [0.15, 0.2) is 54.6 Å². The zero-order chi connectivity index (χ0) is 16.8. The van der Waals surface area contributed by atoms with Crippen molar-refractivity contribution in [2.45, 2.75) is 51.1 Å². The SMILES string of the molecule is Cc1ccc(C(NC(=O)NC2CCCCC2)c2ccccc2)cc1. The average molecular weight is 322 g/mol. The fourth-order valence-corrected chi connectivity index (χ4v) is 3.37. The lowest BCUT2D eigenvalue weighted by atomic mass is 9.95. The molecule has 0 spiro atoms. The highest BCUT2D eigenvalue weighted by molar-refractivity contribution is 5.75. The summed E-state index contributed by atoms with van der Waals surface area (Å²) in [6.07, 6.45) is 5.90. The number of benzene rings is 2. The lowest BCUT2D eigenvalue weighted by Gasteiger charge is -2.25. The van der Waals surface area contributed by atoms with Gasteiger partial charge in [-0.1, -0.05) is 79.4 Å². The van der Waals surface area contributed by atoms with E-state index in [2.05, 4.69) is 54.0 Å². The van der Waals surface area contributed by atoms with Crippen LogP contribution in [0.5, 0.6) is 0 Å². The number of nitrogens with one attached hydrogen (secondary N) is 2. The Balaban J connectivity index is 1.74. The van der Waals surface area contributed by atoms with Crippen molar-refractivity contribution >= 4 is 6.03 Å². The predicted octanol–water partition coefficient (Wildman–Crippen LogP) is 4.72. The number of hydrogen-bond acceptors (Lipinski definition) is 1. The third-order valence-electron chi connectivity index (χ3n) is 4.76. The van der Waals surface area contributed by atoms with Gasteiger partial charge in [-0.15, -0.1) is 0 Å². The second-order valence-electron chi connectivity index (χ2n) is 6.71. The summed E-state index contributed by atoms with van der Waals surface area (Å²) in [6.45, 7) is 2.07. The van der Waals surface area contributed by atoms with E-state index in [4.69, 9.17) is 0 Å². The quantitative estimate of drug-likeness (QED) is 0.840. The molecule has 3 heteroatoms. The number of aryl methyl sites for hydroxylation is 1. The minimum atomic E-state index is -0.129. The Hall–Kier alpha value is -2.29. The Labute approximate surface area is 144 Å². The molecule has 2 amide bonds. The molecule has 3 nitrogen and oxygen atoms in total. The molecule has 0 aliphatic heterocycles. The van der Waals surface area contributed by atoms with E-state index < -0.39 is 0 Å². The average Bonchev–Trinajstić information content (AvgIpc) is 2.62. The van der Waals surface area contributed by atoms with Crippen LogP contribution in [0.4, 0.5) is 4.79 Å². The van der Waals surface area contributed by atoms with E-state index in [0.717, 1.165) is 24.0 Å². The lowest BCUT2D eigenvalue weighted by molar-refractivity contribution is 0.230. The van der Waals surface area contributed by atoms with Gasteiger partial charge in [0.05, 0.1) is 6.04 Å². The third kappa shape index (κ3) is 4.38. The molecule has 2 aromatic rings. The van der Waals surface area contributed by atoms with Gasteiger partial charge in [-0.3, -0.25) is 0 Å². The van der Waals surface area contributed by atoms with Crippen LogP contribution in [-0.4, -0.2) is 12.1 Å². The fraction of sp³-hybridized carbons (Fsp3) is 0.381. The molecule has 0 radical (unpaired) electrons. The van der Waals surface area contributed by atoms with Crippen LogP contribution in [0.1, 0.15) is 54.8 Å². The van der Waals surface area contributed by atoms with Crippen molar-refractivity contribution in [2.24, 2.45) is 0 Å². The third-order valence-corrected chi connectivity index (χ3v) is 4.76. The predicted molar refractivity (Wildman–Crippen MR) is 98.0 cm³/mol. The van der Waals surface area contributed by atoms with E-state index in [1.807, 2.05) is 18.2 Å². The van der Waals surface area contributed by atoms with Gasteiger partial charge in [0.15, 0.2) is 0 Å². The van der Waals surface area contributed by atoms with E-state index in [1.54, 1.807) is 0 Å². The molecule has 1 aliphatic carbocycles. The highest BCUT2D eigenvalue weighted by atomic mass is 16.2. The smallest absolute Gasteiger partial charge is 0.315 e. The molecule has 1 aliphatic rings. The van der Waals surface area contributed by atoms with Crippen LogP contribution >= 0.6 is 0 Å². The maximum absolute atomic E-state index is 12.5. The van der Waals surface area contributed by atoms with Crippen molar-refractivity contribution in [1.29, 1.82) is 0 Å². The maximum atomic E-state index is 12.5. The standard InChI is InChI=1S/C21H26N2O/c1-16-12-14-18(15-13-16)20(17-8-4-2-5-9-17)23-21(24)22-19-10-6-3-7-11-19/h2,4-5,8-9,12-15,19-20H,3,6-7,10-11H2,1H3,(H2,22,23,24). The second-order valence-corrected chi connectivity index (χ2v) is 6.71. The summed E-state index contributed by atoms with van der Waals surface area (Å²) in [5.41, 5.74) is 3.42. The van der Waals surface area contributed by atoms with Gasteiger partial charge in [0.1, 0.15) is 0 Å². The Morgan fingerprint density at radius 1 is 0.917 bits per heavy atom. The van der Waals surface area contributed by atoms with Gasteiger partial charge in [-0.25, -0.2) is 4.79 Å². The topological polar surface area (TPSA) is 41.1 Å². The van der Waals surface area contributed by atoms with Crippen LogP contribution in [0.3, 0.4) is 0 Å². The first-order chi connectivity index (χ1) is 11.7. The first-order valence-corrected chi connectivity index (χ1v) is 8.91. The summed E-state index contributed by atoms with van der Waals surface area (Å²) in [6, 6.07) is 18.6. The minimum absolute atomic E-state index is 0.0728. The monoisotopic (exact) mass is 322 g/mol. The molecule has 1 fully saturated rings. The second kappa shape index (κ2) is 8.00. The summed E-state index contributed by atoms with van der Waals surface area (Å²) in [5, 5.41) is 6.32. The summed E-state index contributed by atoms with van der Waals surface area (Å²) >= 11 is 0. The molecule has 0 bridgehead atoms. The van der Waals surface area contributed by atoms with Crippen molar-refractivity contribution in [1.82, 2.24) is 10.6 Å². The maximum Gasteiger partial charge on any atom is 0.315 e. The van der Waals surface area contributed by atoms with Gasteiger partial charge in [-0.05, 0) is 30.9 Å². The first-order valence-electron chi connectivity index (χ1n) is 8.91. The number of amides is 2. The van der Waals surface area contributed by atoms with Crippen molar-refractivity contribution in [3.05, 3.63) is 71.3 Å². The van der Waals surface area contributed by atoms with Crippen LogP contribution in [0, 0.1) is 6.92 Å². The molecule has 0 saturated heterocycles. The van der Waals surface area contributed by atoms with Crippen molar-refractivity contribution in [2.75, 3.05) is 0 Å². The summed E-state index contributed by atoms with van der Waals surface area (Å²) < 4.78 is 0. The number of hydrogen-bond donors (Lipinski definition) is 2. The van der Waals surface area contributed by atoms with E-state index in [0.29, 0.717) is 6.04 Å². The van der Waals surface area contributed by atoms with E-state index in [9.17, 15) is 4.79 Å². The number of carbonyl (C=O) groups is 1. The Morgan fingerprint density at radius 3 is 2.21 bits per heavy atom. The van der Waals surface area contributed by atoms with Gasteiger partial charge >= 0.3 is 6.03 Å². The minimum Gasteiger partial charge on any atom is -0.335 e. The zero-order valence-corrected chi connectivity index (χ0v) is 14.3. The first kappa shape index (κ1) is 16.6. The van der Waals surface area contributed by atoms with Crippen LogP contribution in [0.2, 0.25) is 0 Å². The van der Waals surface area contributed by atoms with E-state index in [1.165, 1.54) is 24.8 Å². The van der Waals surface area contributed by atoms with Gasteiger partial charge in [0, 0.05) is 6.04 Å². The summed E-state index contributed by atoms with van der Waals surface area (Å²) in [5.74, 6) is 0. The summed E-state index contributed by atoms with van der Waals surface area (Å²) in [7, 11) is 0. The number of rotatable bonds is 4. The van der Waals surface area contributed by atoms with Crippen LogP contribution in [0.25, 0.3) is 0 Å². The van der Waals surface area contributed by atoms with Gasteiger partial charge in [0.2, 0.25) is 0 Å².